The summed E-state index contributed by atoms with van der Waals surface area (Å²) in [4.78, 5) is 20.5. The lowest BCUT2D eigenvalue weighted by molar-refractivity contribution is 0.0298. The highest BCUT2D eigenvalue weighted by molar-refractivity contribution is 6.04. The highest BCUT2D eigenvalue weighted by Crippen LogP contribution is 2.39. The molecule has 7 rings (SSSR count). The maximum absolute atomic E-state index is 14.0. The molecule has 0 radical (unpaired) electrons. The molecular formula is C35H34FN5O5. The molecular weight excluding hydrogens is 589 g/mol. The first-order valence-electron chi connectivity index (χ1n) is 15.2. The number of nitrogens with one attached hydrogen (secondary N) is 1. The van der Waals surface area contributed by atoms with Gasteiger partial charge < -0.3 is 29.4 Å². The standard InChI is InChI=1S/C35H34FN5O5/c1-19(2)34-31(32(39-46-34)21-4-8-23(36)9-5-21)22-12-13-37-30(14-22)38-35(44)26-15-25(20-6-10-24(45-3)11-7-20)27-16-40-18-29(42)33(43)28(40)17-41(26)27/h4-15,19,28-29,33,42-43H,16-18H2,1-3H3,(H,37,38,44)/t28-,29+,33-/m1/s1. The summed E-state index contributed by atoms with van der Waals surface area (Å²) in [6.07, 6.45) is -0.152. The highest BCUT2D eigenvalue weighted by atomic mass is 19.1. The van der Waals surface area contributed by atoms with Crippen molar-refractivity contribution < 1.29 is 28.7 Å². The first-order chi connectivity index (χ1) is 22.2. The van der Waals surface area contributed by atoms with Gasteiger partial charge in [-0.2, -0.15) is 0 Å². The molecule has 3 atom stereocenters. The molecule has 2 aliphatic heterocycles. The third-order valence-corrected chi connectivity index (χ3v) is 8.89. The predicted octanol–water partition coefficient (Wildman–Crippen LogP) is 5.32. The Morgan fingerprint density at radius 1 is 1.02 bits per heavy atom. The molecule has 0 unspecified atom stereocenters. The Balaban J connectivity index is 1.25. The van der Waals surface area contributed by atoms with Crippen LogP contribution in [-0.4, -0.2) is 67.6 Å². The van der Waals surface area contributed by atoms with E-state index in [1.165, 1.54) is 12.1 Å². The number of aromatic nitrogens is 3. The quantitative estimate of drug-likeness (QED) is 0.223. The van der Waals surface area contributed by atoms with Gasteiger partial charge in [0, 0.05) is 48.6 Å². The molecule has 3 N–H and O–H groups in total. The van der Waals surface area contributed by atoms with E-state index in [-0.39, 0.29) is 23.7 Å². The first-order valence-corrected chi connectivity index (χ1v) is 15.2. The summed E-state index contributed by atoms with van der Waals surface area (Å²) < 4.78 is 26.7. The van der Waals surface area contributed by atoms with Crippen molar-refractivity contribution in [3.8, 4) is 39.3 Å². The number of halogens is 1. The molecule has 5 heterocycles. The number of hydrogen-bond donors (Lipinski definition) is 3. The van der Waals surface area contributed by atoms with Crippen LogP contribution in [0.1, 0.15) is 41.7 Å². The number of carbonyl (C=O) groups is 1. The van der Waals surface area contributed by atoms with E-state index in [2.05, 4.69) is 20.4 Å². The number of ether oxygens (including phenoxy) is 1. The van der Waals surface area contributed by atoms with E-state index < -0.39 is 12.2 Å². The zero-order valence-electron chi connectivity index (χ0n) is 25.6. The molecule has 0 saturated carbocycles. The van der Waals surface area contributed by atoms with Crippen LogP contribution in [-0.2, 0) is 13.1 Å². The van der Waals surface area contributed by atoms with Gasteiger partial charge in [0.1, 0.15) is 34.5 Å². The number of rotatable bonds is 7. The molecule has 10 nitrogen and oxygen atoms in total. The number of aliphatic hydroxyl groups excluding tert-OH is 2. The van der Waals surface area contributed by atoms with Gasteiger partial charge in [0.2, 0.25) is 0 Å². The van der Waals surface area contributed by atoms with Gasteiger partial charge in [0.25, 0.3) is 5.91 Å². The van der Waals surface area contributed by atoms with Crippen LogP contribution in [0.2, 0.25) is 0 Å². The third-order valence-electron chi connectivity index (χ3n) is 8.89. The smallest absolute Gasteiger partial charge is 0.273 e. The Kier molecular flexibility index (Phi) is 7.67. The molecule has 0 spiro atoms. The number of nitrogens with zero attached hydrogens (tertiary/aromatic N) is 4. The Bertz CT molecular complexity index is 1900. The number of hydrogen-bond acceptors (Lipinski definition) is 8. The zero-order chi connectivity index (χ0) is 32.1. The number of fused-ring (bicyclic) bond motifs is 2. The van der Waals surface area contributed by atoms with Crippen LogP contribution in [0.3, 0.4) is 0 Å². The summed E-state index contributed by atoms with van der Waals surface area (Å²) in [6.45, 7) is 5.18. The van der Waals surface area contributed by atoms with Gasteiger partial charge in [-0.05, 0) is 65.7 Å². The van der Waals surface area contributed by atoms with Crippen LogP contribution in [0.15, 0.2) is 77.4 Å². The zero-order valence-corrected chi connectivity index (χ0v) is 25.6. The van der Waals surface area contributed by atoms with Gasteiger partial charge in [-0.1, -0.05) is 31.1 Å². The Morgan fingerprint density at radius 3 is 2.48 bits per heavy atom. The minimum atomic E-state index is -0.914. The van der Waals surface area contributed by atoms with Crippen LogP contribution in [0.5, 0.6) is 5.75 Å². The number of amides is 1. The van der Waals surface area contributed by atoms with Crippen molar-refractivity contribution in [1.29, 1.82) is 0 Å². The van der Waals surface area contributed by atoms with Crippen molar-refractivity contribution in [2.75, 3.05) is 19.0 Å². The predicted molar refractivity (Wildman–Crippen MR) is 170 cm³/mol. The molecule has 0 bridgehead atoms. The van der Waals surface area contributed by atoms with E-state index in [1.807, 2.05) is 54.8 Å². The van der Waals surface area contributed by atoms with Crippen molar-refractivity contribution in [2.24, 2.45) is 0 Å². The van der Waals surface area contributed by atoms with E-state index in [9.17, 15) is 19.4 Å². The van der Waals surface area contributed by atoms with Crippen molar-refractivity contribution in [1.82, 2.24) is 19.6 Å². The van der Waals surface area contributed by atoms with Gasteiger partial charge >= 0.3 is 0 Å². The fourth-order valence-electron chi connectivity index (χ4n) is 6.53. The topological polar surface area (TPSA) is 126 Å². The number of aliphatic hydroxyl groups is 2. The lowest BCUT2D eigenvalue weighted by Crippen LogP contribution is -2.44. The Hall–Kier alpha value is -4.84. The minimum absolute atomic E-state index is 0.00976. The second-order valence-corrected chi connectivity index (χ2v) is 12.1. The summed E-state index contributed by atoms with van der Waals surface area (Å²) in [7, 11) is 1.61. The van der Waals surface area contributed by atoms with Gasteiger partial charge in [0.15, 0.2) is 0 Å². The molecule has 1 saturated heterocycles. The second-order valence-electron chi connectivity index (χ2n) is 12.1. The maximum atomic E-state index is 14.0. The molecule has 2 aliphatic rings. The van der Waals surface area contributed by atoms with Crippen LogP contribution in [0.4, 0.5) is 10.2 Å². The molecule has 1 amide bonds. The van der Waals surface area contributed by atoms with E-state index in [1.54, 1.807) is 31.5 Å². The van der Waals surface area contributed by atoms with Gasteiger partial charge in [-0.15, -0.1) is 0 Å². The molecule has 236 valence electrons. The van der Waals surface area contributed by atoms with Crippen molar-refractivity contribution >= 4 is 11.7 Å². The number of carbonyl (C=O) groups excluding carboxylic acids is 1. The van der Waals surface area contributed by atoms with Crippen LogP contribution in [0.25, 0.3) is 33.5 Å². The number of benzene rings is 2. The summed E-state index contributed by atoms with van der Waals surface area (Å²) in [6, 6.07) is 18.9. The lowest BCUT2D eigenvalue weighted by atomic mass is 9.95. The van der Waals surface area contributed by atoms with Gasteiger partial charge in [0.05, 0.1) is 30.9 Å². The van der Waals surface area contributed by atoms with Crippen molar-refractivity contribution in [2.45, 2.75) is 51.1 Å². The van der Waals surface area contributed by atoms with E-state index >= 15 is 0 Å². The minimum Gasteiger partial charge on any atom is -0.497 e. The molecule has 46 heavy (non-hydrogen) atoms. The van der Waals surface area contributed by atoms with Crippen molar-refractivity contribution in [3.05, 3.63) is 95.9 Å². The van der Waals surface area contributed by atoms with E-state index in [0.717, 1.165) is 33.7 Å². The fraction of sp³-hybridized carbons (Fsp3) is 0.286. The van der Waals surface area contributed by atoms with E-state index in [4.69, 9.17) is 9.26 Å². The van der Waals surface area contributed by atoms with Gasteiger partial charge in [-0.25, -0.2) is 9.37 Å². The largest absolute Gasteiger partial charge is 0.497 e. The maximum Gasteiger partial charge on any atom is 0.273 e. The monoisotopic (exact) mass is 623 g/mol. The van der Waals surface area contributed by atoms with E-state index in [0.29, 0.717) is 48.2 Å². The number of methoxy groups -OCH3 is 1. The SMILES string of the molecule is COc1ccc(-c2cc(C(=O)Nc3cc(-c4c(-c5ccc(F)cc5)noc4C(C)C)ccn3)n3c2CN2C[C@H](O)[C@H](O)[C@H]2C3)cc1. The van der Waals surface area contributed by atoms with Crippen molar-refractivity contribution in [3.63, 3.8) is 0 Å². The normalized spacial score (nSPS) is 19.2. The molecule has 3 aromatic heterocycles. The molecule has 2 aromatic carbocycles. The lowest BCUT2D eigenvalue weighted by Gasteiger charge is -2.33. The summed E-state index contributed by atoms with van der Waals surface area (Å²) in [5.41, 5.74) is 5.90. The second kappa shape index (κ2) is 11.8. The molecule has 1 fully saturated rings. The highest BCUT2D eigenvalue weighted by Gasteiger charge is 2.44. The van der Waals surface area contributed by atoms with Crippen LogP contribution >= 0.6 is 0 Å². The Morgan fingerprint density at radius 2 is 1.76 bits per heavy atom. The summed E-state index contributed by atoms with van der Waals surface area (Å²) >= 11 is 0. The third kappa shape index (κ3) is 5.26. The average molecular weight is 624 g/mol. The molecule has 0 aliphatic carbocycles. The first kappa shape index (κ1) is 29.8. The Labute approximate surface area is 265 Å². The molecule has 5 aromatic rings. The fourth-order valence-corrected chi connectivity index (χ4v) is 6.53. The summed E-state index contributed by atoms with van der Waals surface area (Å²) in [5, 5.41) is 28.4. The van der Waals surface area contributed by atoms with Crippen LogP contribution in [0, 0.1) is 5.82 Å². The average Bonchev–Trinajstić information content (AvgIpc) is 3.74. The summed E-state index contributed by atoms with van der Waals surface area (Å²) in [5.74, 6) is 1.02. The number of pyridine rings is 1. The molecule has 11 heteroatoms. The number of anilines is 1. The van der Waals surface area contributed by atoms with Crippen LogP contribution < -0.4 is 10.1 Å². The van der Waals surface area contributed by atoms with Gasteiger partial charge in [-0.3, -0.25) is 9.69 Å².